The zero-order valence-corrected chi connectivity index (χ0v) is 44.0. The Labute approximate surface area is 407 Å². The summed E-state index contributed by atoms with van der Waals surface area (Å²) >= 11 is 0. The maximum absolute atomic E-state index is 10.2. The Morgan fingerprint density at radius 2 is 0.426 bits per heavy atom. The fraction of sp³-hybridized carbons (Fsp3) is 0.833. The normalized spacial score (nSPS) is 11.1. The molecule has 0 fully saturated rings. The van der Waals surface area contributed by atoms with E-state index < -0.39 is 17.9 Å². The second kappa shape index (κ2) is 62.8. The van der Waals surface area contributed by atoms with Crippen LogP contribution in [0, 0.1) is 0 Å². The SMILES string of the molecule is CCCCCCCC/C=C\CCCCCCCC(=O)[O-].CCCCCCCC/C=C\CCCCCCCC(=O)[O-].CCCCCCCC/C=C\CCCCCCCC(=O)[O-].[Bi+3].[HH].[HH].[HH].[HH].[HH].[HH]. The number of unbranched alkanes of at least 4 members (excludes halogenated alkanes) is 33. The quantitative estimate of drug-likeness (QED) is 0.0340. The summed E-state index contributed by atoms with van der Waals surface area (Å²) < 4.78 is 0. The van der Waals surface area contributed by atoms with Gasteiger partial charge in [-0.3, -0.25) is 0 Å². The Hall–Kier alpha value is -1.49. The Bertz CT molecular complexity index is 856. The van der Waals surface area contributed by atoms with Gasteiger partial charge in [-0.05, 0) is 116 Å². The summed E-state index contributed by atoms with van der Waals surface area (Å²) in [7, 11) is 0. The fourth-order valence-corrected chi connectivity index (χ4v) is 7.02. The van der Waals surface area contributed by atoms with Gasteiger partial charge in [0.1, 0.15) is 0 Å². The predicted octanol–water partition coefficient (Wildman–Crippen LogP) is 15.4. The standard InChI is InChI=1S/3C18H34O2.Bi.6H2/c3*1-2-3-4-5-6-7-8-9-10-11-12-13-14-15-16-17-18(19)20;;;;;;;/h3*9-10H,2-8,11-17H2,1H3,(H,19,20);;6*1H/q;;;+3;;;;;;/p-3/b3*10-9-;;;;;;;. The van der Waals surface area contributed by atoms with E-state index in [1.165, 1.54) is 193 Å². The van der Waals surface area contributed by atoms with Gasteiger partial charge in [-0.2, -0.15) is 0 Å². The van der Waals surface area contributed by atoms with Crippen molar-refractivity contribution in [2.75, 3.05) is 0 Å². The number of aliphatic carboxylic acids is 3. The molecule has 6 nitrogen and oxygen atoms in total. The number of carbonyl (C=O) groups is 3. The van der Waals surface area contributed by atoms with Crippen molar-refractivity contribution in [1.29, 1.82) is 0 Å². The van der Waals surface area contributed by atoms with Crippen molar-refractivity contribution in [3.05, 3.63) is 36.5 Å². The number of hydrogen-bond acceptors (Lipinski definition) is 6. The molecular formula is C54H111BiO6. The molecule has 0 saturated carbocycles. The molecule has 0 aliphatic carbocycles. The number of allylic oxidation sites excluding steroid dienone is 6. The molecule has 2 radical (unpaired) electrons. The van der Waals surface area contributed by atoms with Gasteiger partial charge in [0.2, 0.25) is 0 Å². The zero-order valence-electron chi connectivity index (χ0n) is 40.6. The molecule has 0 atom stereocenters. The molecule has 0 amide bonds. The molecule has 0 aromatic heterocycles. The van der Waals surface area contributed by atoms with Crippen LogP contribution in [-0.2, 0) is 14.4 Å². The van der Waals surface area contributed by atoms with Crippen molar-refractivity contribution >= 4 is 44.1 Å². The van der Waals surface area contributed by atoms with Crippen LogP contribution in [0.2, 0.25) is 0 Å². The molecule has 7 heteroatoms. The third-order valence-corrected chi connectivity index (χ3v) is 10.9. The third kappa shape index (κ3) is 76.2. The van der Waals surface area contributed by atoms with Crippen molar-refractivity contribution in [2.45, 2.75) is 290 Å². The van der Waals surface area contributed by atoms with Crippen LogP contribution in [0.15, 0.2) is 36.5 Å². The number of hydrogen-bond donors (Lipinski definition) is 0. The van der Waals surface area contributed by atoms with Crippen LogP contribution >= 0.6 is 0 Å². The van der Waals surface area contributed by atoms with Gasteiger partial charge >= 0.3 is 26.2 Å². The van der Waals surface area contributed by atoms with Gasteiger partial charge in [0, 0.05) is 26.5 Å². The summed E-state index contributed by atoms with van der Waals surface area (Å²) in [5.41, 5.74) is 0. The number of carboxylic acids is 3. The summed E-state index contributed by atoms with van der Waals surface area (Å²) in [6, 6.07) is 0. The average molecular weight is 1070 g/mol. The fourth-order valence-electron chi connectivity index (χ4n) is 7.02. The molecular weight excluding hydrogens is 954 g/mol. The first-order chi connectivity index (χ1) is 29.3. The molecule has 0 heterocycles. The average Bonchev–Trinajstić information content (AvgIpc) is 3.22. The van der Waals surface area contributed by atoms with E-state index in [9.17, 15) is 29.7 Å². The Morgan fingerprint density at radius 3 is 0.590 bits per heavy atom. The van der Waals surface area contributed by atoms with Crippen molar-refractivity contribution in [1.82, 2.24) is 0 Å². The Balaban J connectivity index is -0.0000000864. The van der Waals surface area contributed by atoms with E-state index in [-0.39, 0.29) is 54.0 Å². The second-order valence-corrected chi connectivity index (χ2v) is 17.1. The molecule has 0 bridgehead atoms. The third-order valence-electron chi connectivity index (χ3n) is 10.9. The first-order valence-corrected chi connectivity index (χ1v) is 25.9. The van der Waals surface area contributed by atoms with Gasteiger partial charge in [-0.15, -0.1) is 0 Å². The minimum atomic E-state index is -0.914. The van der Waals surface area contributed by atoms with Crippen LogP contribution in [0.1, 0.15) is 299 Å². The number of rotatable bonds is 45. The van der Waals surface area contributed by atoms with E-state index in [1.54, 1.807) is 0 Å². The molecule has 368 valence electrons. The minimum Gasteiger partial charge on any atom is -0.550 e. The van der Waals surface area contributed by atoms with Crippen LogP contribution in [0.3, 0.4) is 0 Å². The van der Waals surface area contributed by atoms with Gasteiger partial charge in [-0.1, -0.05) is 211 Å². The van der Waals surface area contributed by atoms with Crippen LogP contribution < -0.4 is 15.3 Å². The van der Waals surface area contributed by atoms with Crippen LogP contribution in [-0.4, -0.2) is 44.1 Å². The van der Waals surface area contributed by atoms with Crippen LogP contribution in [0.25, 0.3) is 0 Å². The summed E-state index contributed by atoms with van der Waals surface area (Å²) in [5.74, 6) is -2.74. The van der Waals surface area contributed by atoms with Gasteiger partial charge in [0.15, 0.2) is 0 Å². The number of carboxylic acid groups (broad SMARTS) is 3. The molecule has 0 saturated heterocycles. The Morgan fingerprint density at radius 1 is 0.279 bits per heavy atom. The van der Waals surface area contributed by atoms with E-state index in [1.807, 2.05) is 0 Å². The summed E-state index contributed by atoms with van der Waals surface area (Å²) in [5, 5.41) is 30.6. The molecule has 0 aromatic rings. The zero-order chi connectivity index (χ0) is 44.7. The summed E-state index contributed by atoms with van der Waals surface area (Å²) in [4.78, 5) is 30.6. The van der Waals surface area contributed by atoms with Gasteiger partial charge in [0.05, 0.1) is 0 Å². The van der Waals surface area contributed by atoms with Gasteiger partial charge in [-0.25, -0.2) is 0 Å². The molecule has 0 N–H and O–H groups in total. The van der Waals surface area contributed by atoms with Crippen LogP contribution in [0.5, 0.6) is 0 Å². The topological polar surface area (TPSA) is 120 Å². The molecule has 0 aromatic carbocycles. The van der Waals surface area contributed by atoms with E-state index in [2.05, 4.69) is 57.2 Å². The van der Waals surface area contributed by atoms with Crippen molar-refractivity contribution < 1.29 is 38.3 Å². The van der Waals surface area contributed by atoms with Gasteiger partial charge < -0.3 is 29.7 Å². The number of carbonyl (C=O) groups excluding carboxylic acids is 3. The second-order valence-electron chi connectivity index (χ2n) is 17.1. The molecule has 61 heavy (non-hydrogen) atoms. The van der Waals surface area contributed by atoms with Crippen LogP contribution in [0.4, 0.5) is 0 Å². The van der Waals surface area contributed by atoms with E-state index in [0.29, 0.717) is 0 Å². The minimum absolute atomic E-state index is 0. The molecule has 0 aliphatic rings. The largest absolute Gasteiger partial charge is 3.00 e. The molecule has 0 aliphatic heterocycles. The van der Waals surface area contributed by atoms with Gasteiger partial charge in [0.25, 0.3) is 0 Å². The maximum atomic E-state index is 10.2. The van der Waals surface area contributed by atoms with Crippen molar-refractivity contribution in [3.8, 4) is 0 Å². The van der Waals surface area contributed by atoms with E-state index >= 15 is 0 Å². The predicted molar refractivity (Wildman–Crippen MR) is 272 cm³/mol. The summed E-state index contributed by atoms with van der Waals surface area (Å²) in [6.45, 7) is 6.77. The first kappa shape index (κ1) is 66.1. The molecule has 0 spiro atoms. The molecule has 0 unspecified atom stereocenters. The van der Waals surface area contributed by atoms with Crippen molar-refractivity contribution in [3.63, 3.8) is 0 Å². The molecule has 0 rings (SSSR count). The smallest absolute Gasteiger partial charge is 0.550 e. The first-order valence-electron chi connectivity index (χ1n) is 25.9. The summed E-state index contributed by atoms with van der Waals surface area (Å²) in [6.07, 6.45) is 62.7. The maximum Gasteiger partial charge on any atom is 3.00 e. The van der Waals surface area contributed by atoms with Crippen molar-refractivity contribution in [2.24, 2.45) is 0 Å². The Kier molecular flexibility index (Phi) is 68.1. The van der Waals surface area contributed by atoms with E-state index in [0.717, 1.165) is 57.8 Å². The monoisotopic (exact) mass is 1060 g/mol. The van der Waals surface area contributed by atoms with E-state index in [4.69, 9.17) is 0 Å².